The molecule has 5 aromatic heterocycles. The SMILES string of the molecule is Cc1cnc2ccc(-c3nc(C(=O)NC(C)Cn4cncn4)c(N)nc3-c3ncco3)cn12. The maximum absolute atomic E-state index is 13.0. The molecule has 166 valence electrons. The van der Waals surface area contributed by atoms with Gasteiger partial charge in [0.1, 0.15) is 30.3 Å². The van der Waals surface area contributed by atoms with E-state index in [4.69, 9.17) is 10.2 Å². The highest BCUT2D eigenvalue weighted by Gasteiger charge is 2.23. The van der Waals surface area contributed by atoms with Crippen LogP contribution in [0, 0.1) is 6.92 Å². The number of hydrogen-bond acceptors (Lipinski definition) is 9. The molecule has 0 spiro atoms. The Morgan fingerprint density at radius 3 is 2.88 bits per heavy atom. The molecule has 0 aliphatic carbocycles. The van der Waals surface area contributed by atoms with Crippen LogP contribution in [0.5, 0.6) is 0 Å². The van der Waals surface area contributed by atoms with Gasteiger partial charge in [-0.05, 0) is 26.0 Å². The third kappa shape index (κ3) is 3.89. The lowest BCUT2D eigenvalue weighted by Crippen LogP contribution is -2.37. The maximum Gasteiger partial charge on any atom is 0.274 e. The molecule has 0 bridgehead atoms. The van der Waals surface area contributed by atoms with E-state index in [0.29, 0.717) is 23.5 Å². The molecule has 0 radical (unpaired) electrons. The number of pyridine rings is 1. The Morgan fingerprint density at radius 1 is 1.24 bits per heavy atom. The van der Waals surface area contributed by atoms with Gasteiger partial charge >= 0.3 is 0 Å². The van der Waals surface area contributed by atoms with Gasteiger partial charge in [-0.3, -0.25) is 9.48 Å². The average Bonchev–Trinajstić information content (AvgIpc) is 3.56. The number of nitrogens with zero attached hydrogens (tertiary/aromatic N) is 8. The van der Waals surface area contributed by atoms with Crippen LogP contribution in [0.3, 0.4) is 0 Å². The number of fused-ring (bicyclic) bond motifs is 1. The number of nitrogen functional groups attached to an aromatic ring is 1. The predicted octanol–water partition coefficient (Wildman–Crippen LogP) is 1.75. The molecule has 0 aromatic carbocycles. The molecule has 12 nitrogen and oxygen atoms in total. The van der Waals surface area contributed by atoms with Crippen molar-refractivity contribution < 1.29 is 9.21 Å². The third-order valence-electron chi connectivity index (χ3n) is 5.04. The Hall–Kier alpha value is -4.61. The summed E-state index contributed by atoms with van der Waals surface area (Å²) in [6.07, 6.45) is 9.61. The summed E-state index contributed by atoms with van der Waals surface area (Å²) in [5, 5.41) is 6.93. The zero-order valence-corrected chi connectivity index (χ0v) is 17.9. The van der Waals surface area contributed by atoms with Crippen LogP contribution in [-0.4, -0.2) is 51.1 Å². The molecular formula is C21H20N10O2. The van der Waals surface area contributed by atoms with Crippen molar-refractivity contribution in [1.82, 2.24) is 44.4 Å². The Morgan fingerprint density at radius 2 is 2.12 bits per heavy atom. The molecule has 0 aliphatic heterocycles. The van der Waals surface area contributed by atoms with Crippen LogP contribution in [0.4, 0.5) is 5.82 Å². The van der Waals surface area contributed by atoms with E-state index in [1.54, 1.807) is 17.2 Å². The number of amides is 1. The standard InChI is InChI=1S/C21H20N10O2/c1-12(8-30-11-23-10-26-30)27-20(32)18-19(22)29-17(21-24-5-6-33-21)16(28-18)14-3-4-15-25-7-13(2)31(15)9-14/h3-7,9-12H,8H2,1-2H3,(H2,22,29)(H,27,32). The van der Waals surface area contributed by atoms with Crippen LogP contribution < -0.4 is 11.1 Å². The summed E-state index contributed by atoms with van der Waals surface area (Å²) in [6, 6.07) is 3.46. The van der Waals surface area contributed by atoms with Gasteiger partial charge in [-0.2, -0.15) is 5.10 Å². The number of carbonyl (C=O) groups is 1. The summed E-state index contributed by atoms with van der Waals surface area (Å²) in [5.74, 6) is -0.233. The van der Waals surface area contributed by atoms with Gasteiger partial charge in [-0.1, -0.05) is 0 Å². The lowest BCUT2D eigenvalue weighted by Gasteiger charge is -2.15. The predicted molar refractivity (Wildman–Crippen MR) is 118 cm³/mol. The van der Waals surface area contributed by atoms with Crippen molar-refractivity contribution in [3.05, 3.63) is 61.0 Å². The third-order valence-corrected chi connectivity index (χ3v) is 5.04. The minimum absolute atomic E-state index is 0.00759. The highest BCUT2D eigenvalue weighted by Crippen LogP contribution is 2.30. The van der Waals surface area contributed by atoms with Gasteiger partial charge < -0.3 is 19.9 Å². The molecule has 1 amide bonds. The van der Waals surface area contributed by atoms with E-state index in [-0.39, 0.29) is 23.4 Å². The molecule has 1 atom stereocenters. The summed E-state index contributed by atoms with van der Waals surface area (Å²) in [5.41, 5.74) is 9.34. The molecule has 0 fully saturated rings. The van der Waals surface area contributed by atoms with Gasteiger partial charge in [0.25, 0.3) is 5.91 Å². The Bertz CT molecular complexity index is 1420. The monoisotopic (exact) mass is 444 g/mol. The van der Waals surface area contributed by atoms with E-state index in [9.17, 15) is 4.79 Å². The van der Waals surface area contributed by atoms with E-state index in [1.807, 2.05) is 36.6 Å². The van der Waals surface area contributed by atoms with Crippen molar-refractivity contribution in [3.8, 4) is 22.8 Å². The number of imidazole rings is 1. The highest BCUT2D eigenvalue weighted by atomic mass is 16.3. The summed E-state index contributed by atoms with van der Waals surface area (Å²) in [6.45, 7) is 4.24. The second kappa shape index (κ2) is 8.15. The van der Waals surface area contributed by atoms with Gasteiger partial charge in [0.05, 0.1) is 12.7 Å². The second-order valence-electron chi connectivity index (χ2n) is 7.53. The molecule has 3 N–H and O–H groups in total. The first-order valence-corrected chi connectivity index (χ1v) is 10.1. The fraction of sp³-hybridized carbons (Fsp3) is 0.190. The minimum atomic E-state index is -0.451. The zero-order valence-electron chi connectivity index (χ0n) is 17.9. The minimum Gasteiger partial charge on any atom is -0.443 e. The normalized spacial score (nSPS) is 12.2. The molecular weight excluding hydrogens is 424 g/mol. The van der Waals surface area contributed by atoms with Gasteiger partial charge in [-0.15, -0.1) is 0 Å². The van der Waals surface area contributed by atoms with Crippen LogP contribution >= 0.6 is 0 Å². The number of carbonyl (C=O) groups excluding carboxylic acids is 1. The van der Waals surface area contributed by atoms with Gasteiger partial charge in [0, 0.05) is 29.7 Å². The second-order valence-corrected chi connectivity index (χ2v) is 7.53. The highest BCUT2D eigenvalue weighted by molar-refractivity contribution is 5.98. The number of nitrogens with one attached hydrogen (secondary N) is 1. The molecule has 0 aliphatic rings. The van der Waals surface area contributed by atoms with Crippen molar-refractivity contribution in [3.63, 3.8) is 0 Å². The Labute approximate surface area is 187 Å². The van der Waals surface area contributed by atoms with Crippen LogP contribution in [0.25, 0.3) is 28.5 Å². The first-order valence-electron chi connectivity index (χ1n) is 10.1. The first-order chi connectivity index (χ1) is 16.0. The van der Waals surface area contributed by atoms with Crippen LogP contribution in [-0.2, 0) is 6.54 Å². The fourth-order valence-electron chi connectivity index (χ4n) is 3.49. The average molecular weight is 444 g/mol. The number of hydrogen-bond donors (Lipinski definition) is 2. The number of oxazole rings is 1. The molecule has 12 heteroatoms. The number of anilines is 1. The van der Waals surface area contributed by atoms with E-state index < -0.39 is 5.91 Å². The number of nitrogens with two attached hydrogens (primary N) is 1. The van der Waals surface area contributed by atoms with Crippen molar-refractivity contribution in [2.24, 2.45) is 0 Å². The van der Waals surface area contributed by atoms with Gasteiger partial charge in [0.15, 0.2) is 17.2 Å². The zero-order chi connectivity index (χ0) is 22.9. The summed E-state index contributed by atoms with van der Waals surface area (Å²) >= 11 is 0. The lowest BCUT2D eigenvalue weighted by molar-refractivity contribution is 0.0931. The van der Waals surface area contributed by atoms with Gasteiger partial charge in [0.2, 0.25) is 5.89 Å². The van der Waals surface area contributed by atoms with E-state index in [0.717, 1.165) is 11.3 Å². The molecule has 0 saturated heterocycles. The Balaban J connectivity index is 1.55. The number of aromatic nitrogens is 8. The van der Waals surface area contributed by atoms with E-state index >= 15 is 0 Å². The summed E-state index contributed by atoms with van der Waals surface area (Å²) < 4.78 is 9.00. The first kappa shape index (κ1) is 20.3. The van der Waals surface area contributed by atoms with Crippen molar-refractivity contribution >= 4 is 17.4 Å². The largest absolute Gasteiger partial charge is 0.443 e. The maximum atomic E-state index is 13.0. The molecule has 5 heterocycles. The van der Waals surface area contributed by atoms with Crippen molar-refractivity contribution in [2.75, 3.05) is 5.73 Å². The quantitative estimate of drug-likeness (QED) is 0.398. The molecule has 1 unspecified atom stereocenters. The molecule has 5 aromatic rings. The number of rotatable bonds is 6. The fourth-order valence-corrected chi connectivity index (χ4v) is 3.49. The van der Waals surface area contributed by atoms with Crippen molar-refractivity contribution in [1.29, 1.82) is 0 Å². The van der Waals surface area contributed by atoms with Crippen molar-refractivity contribution in [2.45, 2.75) is 26.4 Å². The number of aryl methyl sites for hydroxylation is 1. The molecule has 0 saturated carbocycles. The Kier molecular flexibility index (Phi) is 5.01. The molecule has 33 heavy (non-hydrogen) atoms. The van der Waals surface area contributed by atoms with E-state index in [1.165, 1.54) is 18.8 Å². The summed E-state index contributed by atoms with van der Waals surface area (Å²) in [4.78, 5) is 34.5. The van der Waals surface area contributed by atoms with Crippen LogP contribution in [0.2, 0.25) is 0 Å². The topological polar surface area (TPSA) is 155 Å². The van der Waals surface area contributed by atoms with Crippen LogP contribution in [0.1, 0.15) is 23.1 Å². The smallest absolute Gasteiger partial charge is 0.274 e. The van der Waals surface area contributed by atoms with E-state index in [2.05, 4.69) is 35.3 Å². The van der Waals surface area contributed by atoms with Gasteiger partial charge in [-0.25, -0.2) is 24.9 Å². The lowest BCUT2D eigenvalue weighted by atomic mass is 10.1. The molecule has 5 rings (SSSR count). The summed E-state index contributed by atoms with van der Waals surface area (Å²) in [7, 11) is 0. The van der Waals surface area contributed by atoms with Crippen LogP contribution in [0.15, 0.2) is 54.1 Å².